The second-order valence-corrected chi connectivity index (χ2v) is 3.44. The molecule has 1 aromatic rings. The molecule has 0 spiro atoms. The Hall–Kier alpha value is -0.670. The summed E-state index contributed by atoms with van der Waals surface area (Å²) in [6, 6.07) is 7.50. The van der Waals surface area contributed by atoms with E-state index >= 15 is 0 Å². The van der Waals surface area contributed by atoms with E-state index in [0.717, 1.165) is 11.3 Å². The van der Waals surface area contributed by atoms with Crippen molar-refractivity contribution in [2.75, 3.05) is 0 Å². The fourth-order valence-electron chi connectivity index (χ4n) is 1.38. The number of thiol groups is 1. The molecule has 0 aromatic heterocycles. The Labute approximate surface area is 76.6 Å². The predicted octanol–water partition coefficient (Wildman–Crippen LogP) is 1.76. The molecule has 1 N–H and O–H groups in total. The third kappa shape index (κ3) is 1.30. The van der Waals surface area contributed by atoms with Gasteiger partial charge in [0.1, 0.15) is 11.2 Å². The van der Waals surface area contributed by atoms with E-state index < -0.39 is 6.10 Å². The first-order chi connectivity index (χ1) is 5.77. The van der Waals surface area contributed by atoms with Crippen LogP contribution in [0.5, 0.6) is 5.75 Å². The smallest absolute Gasteiger partial charge is 0.144 e. The lowest BCUT2D eigenvalue weighted by atomic mass is 10.0. The first kappa shape index (κ1) is 7.95. The van der Waals surface area contributed by atoms with E-state index in [4.69, 9.17) is 4.74 Å². The van der Waals surface area contributed by atoms with Crippen LogP contribution >= 0.6 is 12.6 Å². The minimum Gasteiger partial charge on any atom is -0.480 e. The van der Waals surface area contributed by atoms with Gasteiger partial charge in [0.05, 0.1) is 6.10 Å². The van der Waals surface area contributed by atoms with Crippen LogP contribution in [0.25, 0.3) is 0 Å². The third-order valence-corrected chi connectivity index (χ3v) is 2.28. The molecule has 1 aliphatic heterocycles. The van der Waals surface area contributed by atoms with Gasteiger partial charge in [0.15, 0.2) is 0 Å². The summed E-state index contributed by atoms with van der Waals surface area (Å²) in [4.78, 5) is 0. The molecule has 0 saturated carbocycles. The maximum Gasteiger partial charge on any atom is 0.144 e. The first-order valence-electron chi connectivity index (χ1n) is 3.89. The van der Waals surface area contributed by atoms with Gasteiger partial charge in [0.25, 0.3) is 0 Å². The molecular formula is C9H10O2S. The van der Waals surface area contributed by atoms with Crippen molar-refractivity contribution in [3.05, 3.63) is 29.8 Å². The molecular weight excluding hydrogens is 172 g/mol. The predicted molar refractivity (Wildman–Crippen MR) is 49.4 cm³/mol. The molecule has 0 unspecified atom stereocenters. The zero-order valence-corrected chi connectivity index (χ0v) is 7.37. The standard InChI is InChI=1S/C9H10O2S/c10-7-5-9(12)11-8-4-2-1-3-6(7)8/h1-4,7,9-10,12H,5H2/t7-,9-/m1/s1. The average molecular weight is 182 g/mol. The topological polar surface area (TPSA) is 29.5 Å². The SMILES string of the molecule is O[C@@H]1C[C@@H](S)Oc2ccccc21. The van der Waals surface area contributed by atoms with Crippen LogP contribution in [0.3, 0.4) is 0 Å². The fourth-order valence-corrected chi connectivity index (χ4v) is 1.69. The van der Waals surface area contributed by atoms with Crippen molar-refractivity contribution in [2.24, 2.45) is 0 Å². The Balaban J connectivity index is 2.40. The number of ether oxygens (including phenoxy) is 1. The van der Waals surface area contributed by atoms with Crippen LogP contribution in [-0.4, -0.2) is 10.5 Å². The Morgan fingerprint density at radius 3 is 3.00 bits per heavy atom. The molecule has 3 heteroatoms. The quantitative estimate of drug-likeness (QED) is 0.599. The minimum atomic E-state index is -0.433. The van der Waals surface area contributed by atoms with Crippen LogP contribution in [0, 0.1) is 0 Å². The van der Waals surface area contributed by atoms with Crippen molar-refractivity contribution in [2.45, 2.75) is 18.0 Å². The van der Waals surface area contributed by atoms with Crippen LogP contribution < -0.4 is 4.74 Å². The third-order valence-electron chi connectivity index (χ3n) is 1.97. The van der Waals surface area contributed by atoms with E-state index in [1.54, 1.807) is 0 Å². The summed E-state index contributed by atoms with van der Waals surface area (Å²) in [7, 11) is 0. The zero-order chi connectivity index (χ0) is 8.55. The van der Waals surface area contributed by atoms with Crippen LogP contribution in [0.2, 0.25) is 0 Å². The van der Waals surface area contributed by atoms with E-state index in [2.05, 4.69) is 12.6 Å². The Morgan fingerprint density at radius 1 is 1.42 bits per heavy atom. The molecule has 1 aromatic carbocycles. The Bertz CT molecular complexity index is 288. The van der Waals surface area contributed by atoms with E-state index in [1.807, 2.05) is 24.3 Å². The summed E-state index contributed by atoms with van der Waals surface area (Å²) in [5.41, 5.74) is 0.678. The molecule has 2 atom stereocenters. The highest BCUT2D eigenvalue weighted by atomic mass is 32.1. The lowest BCUT2D eigenvalue weighted by molar-refractivity contribution is 0.103. The van der Waals surface area contributed by atoms with Gasteiger partial charge in [-0.25, -0.2) is 0 Å². The number of fused-ring (bicyclic) bond motifs is 1. The van der Waals surface area contributed by atoms with Gasteiger partial charge >= 0.3 is 0 Å². The van der Waals surface area contributed by atoms with Gasteiger partial charge in [-0.15, -0.1) is 12.6 Å². The molecule has 2 rings (SSSR count). The summed E-state index contributed by atoms with van der Waals surface area (Å²) < 4.78 is 5.41. The summed E-state index contributed by atoms with van der Waals surface area (Å²) in [6.45, 7) is 0. The average Bonchev–Trinajstić information content (AvgIpc) is 2.04. The van der Waals surface area contributed by atoms with Crippen LogP contribution in [0.4, 0.5) is 0 Å². The molecule has 2 nitrogen and oxygen atoms in total. The molecule has 12 heavy (non-hydrogen) atoms. The fraction of sp³-hybridized carbons (Fsp3) is 0.333. The maximum absolute atomic E-state index is 9.60. The number of rotatable bonds is 0. The number of para-hydroxylation sites is 1. The van der Waals surface area contributed by atoms with Crippen LogP contribution in [-0.2, 0) is 0 Å². The highest BCUT2D eigenvalue weighted by Crippen LogP contribution is 2.34. The summed E-state index contributed by atoms with van der Waals surface area (Å²) in [5.74, 6) is 0.747. The largest absolute Gasteiger partial charge is 0.480 e. The van der Waals surface area contributed by atoms with E-state index in [1.165, 1.54) is 0 Å². The molecule has 1 aliphatic rings. The monoisotopic (exact) mass is 182 g/mol. The van der Waals surface area contributed by atoms with Gasteiger partial charge in [0.2, 0.25) is 0 Å². The molecule has 1 heterocycles. The van der Waals surface area contributed by atoms with Crippen LogP contribution in [0.1, 0.15) is 18.1 Å². The van der Waals surface area contributed by atoms with Gasteiger partial charge in [-0.05, 0) is 6.07 Å². The lowest BCUT2D eigenvalue weighted by Crippen LogP contribution is -2.20. The highest BCUT2D eigenvalue weighted by molar-refractivity contribution is 7.80. The lowest BCUT2D eigenvalue weighted by Gasteiger charge is -2.26. The number of benzene rings is 1. The van der Waals surface area contributed by atoms with E-state index in [0.29, 0.717) is 6.42 Å². The number of hydrogen-bond donors (Lipinski definition) is 2. The Kier molecular flexibility index (Phi) is 1.98. The second kappa shape index (κ2) is 2.99. The number of aliphatic hydroxyl groups excluding tert-OH is 1. The van der Waals surface area contributed by atoms with E-state index in [-0.39, 0.29) is 5.44 Å². The molecule has 0 amide bonds. The number of hydrogen-bond acceptors (Lipinski definition) is 3. The molecule has 0 aliphatic carbocycles. The summed E-state index contributed by atoms with van der Waals surface area (Å²) in [5, 5.41) is 9.60. The van der Waals surface area contributed by atoms with Crippen molar-refractivity contribution in [3.8, 4) is 5.75 Å². The zero-order valence-electron chi connectivity index (χ0n) is 6.47. The molecule has 0 saturated heterocycles. The maximum atomic E-state index is 9.60. The summed E-state index contributed by atoms with van der Waals surface area (Å²) in [6.07, 6.45) is 0.123. The summed E-state index contributed by atoms with van der Waals surface area (Å²) >= 11 is 4.16. The van der Waals surface area contributed by atoms with Gasteiger partial charge in [-0.3, -0.25) is 0 Å². The molecule has 0 fully saturated rings. The van der Waals surface area contributed by atoms with Gasteiger partial charge in [-0.2, -0.15) is 0 Å². The van der Waals surface area contributed by atoms with Gasteiger partial charge in [-0.1, -0.05) is 18.2 Å². The molecule has 0 radical (unpaired) electrons. The normalized spacial score (nSPS) is 27.5. The van der Waals surface area contributed by atoms with Crippen molar-refractivity contribution in [1.82, 2.24) is 0 Å². The van der Waals surface area contributed by atoms with Gasteiger partial charge < -0.3 is 9.84 Å². The number of aliphatic hydroxyl groups is 1. The van der Waals surface area contributed by atoms with Gasteiger partial charge in [0, 0.05) is 12.0 Å². The molecule has 64 valence electrons. The van der Waals surface area contributed by atoms with Crippen LogP contribution in [0.15, 0.2) is 24.3 Å². The van der Waals surface area contributed by atoms with Crippen molar-refractivity contribution in [1.29, 1.82) is 0 Å². The van der Waals surface area contributed by atoms with Crippen molar-refractivity contribution >= 4 is 12.6 Å². The minimum absolute atomic E-state index is 0.185. The van der Waals surface area contributed by atoms with Crippen molar-refractivity contribution < 1.29 is 9.84 Å². The van der Waals surface area contributed by atoms with E-state index in [9.17, 15) is 5.11 Å². The second-order valence-electron chi connectivity index (χ2n) is 2.86. The first-order valence-corrected chi connectivity index (χ1v) is 4.41. The highest BCUT2D eigenvalue weighted by Gasteiger charge is 2.23. The van der Waals surface area contributed by atoms with Crippen molar-refractivity contribution in [3.63, 3.8) is 0 Å². The molecule has 0 bridgehead atoms. The Morgan fingerprint density at radius 2 is 2.17 bits per heavy atom.